The Kier molecular flexibility index (Phi) is 13.4. The zero-order chi connectivity index (χ0) is 35.9. The van der Waals surface area contributed by atoms with Gasteiger partial charge in [0.2, 0.25) is 6.29 Å². The van der Waals surface area contributed by atoms with Crippen LogP contribution < -0.4 is 0 Å². The number of cyclic esters (lactones) is 1. The number of fused-ring (bicyclic) bond motifs is 1. The lowest BCUT2D eigenvalue weighted by molar-refractivity contribution is -0.260. The summed E-state index contributed by atoms with van der Waals surface area (Å²) in [6.07, 6.45) is 10.5. The van der Waals surface area contributed by atoms with Crippen LogP contribution >= 0.6 is 0 Å². The maximum atomic E-state index is 14.2. The van der Waals surface area contributed by atoms with Crippen molar-refractivity contribution in [2.24, 2.45) is 11.3 Å². The van der Waals surface area contributed by atoms with Gasteiger partial charge in [0.15, 0.2) is 11.4 Å². The monoisotopic (exact) mass is 683 g/mol. The van der Waals surface area contributed by atoms with Crippen molar-refractivity contribution in [2.75, 3.05) is 54.0 Å². The SMILES string of the molecule is C#C[C@@]1(OC)CCCN(CC)[C@@H](CCCN2CCc3ncncc3C2)COC(=O)C(C)(C)C(=O)[C@H](C)[C@H]1O[C@@H]1OC(=C)C[C@H](N(C)C)[C@H]1O. The molecule has 1 aromatic heterocycles. The maximum absolute atomic E-state index is 14.2. The molecule has 2 saturated heterocycles. The number of Topliss-reactive ketones (excluding diaryl/α,β-unsaturated/α-hetero) is 1. The van der Waals surface area contributed by atoms with Crippen LogP contribution in [0.2, 0.25) is 0 Å². The van der Waals surface area contributed by atoms with E-state index in [0.717, 1.165) is 51.1 Å². The maximum Gasteiger partial charge on any atom is 0.319 e. The van der Waals surface area contributed by atoms with Gasteiger partial charge in [0.1, 0.15) is 30.6 Å². The number of aliphatic hydroxyl groups excluding tert-OH is 1. The van der Waals surface area contributed by atoms with Gasteiger partial charge in [-0.1, -0.05) is 26.3 Å². The number of ketones is 1. The fourth-order valence-corrected chi connectivity index (χ4v) is 7.50. The Morgan fingerprint density at radius 1 is 1.27 bits per heavy atom. The van der Waals surface area contributed by atoms with Crippen LogP contribution in [0.1, 0.15) is 71.1 Å². The zero-order valence-electron chi connectivity index (χ0n) is 30.5. The van der Waals surface area contributed by atoms with Crippen molar-refractivity contribution in [3.63, 3.8) is 0 Å². The zero-order valence-corrected chi connectivity index (χ0v) is 30.5. The molecule has 12 nitrogen and oxygen atoms in total. The van der Waals surface area contributed by atoms with E-state index < -0.39 is 47.2 Å². The van der Waals surface area contributed by atoms with Crippen molar-refractivity contribution in [1.29, 1.82) is 0 Å². The first-order valence-electron chi connectivity index (χ1n) is 17.6. The van der Waals surface area contributed by atoms with Crippen LogP contribution in [-0.2, 0) is 41.5 Å². The number of terminal acetylenes is 1. The van der Waals surface area contributed by atoms with Crippen LogP contribution in [0, 0.1) is 23.7 Å². The molecule has 12 heteroatoms. The number of carbonyl (C=O) groups is 2. The van der Waals surface area contributed by atoms with Crippen molar-refractivity contribution in [3.05, 3.63) is 36.1 Å². The molecular formula is C37H57N5O7. The normalized spacial score (nSPS) is 32.2. The average molecular weight is 684 g/mol. The van der Waals surface area contributed by atoms with Gasteiger partial charge in [0, 0.05) is 68.5 Å². The Morgan fingerprint density at radius 2 is 2.02 bits per heavy atom. The molecule has 4 rings (SSSR count). The second-order valence-electron chi connectivity index (χ2n) is 14.5. The van der Waals surface area contributed by atoms with E-state index in [1.54, 1.807) is 27.1 Å². The van der Waals surface area contributed by atoms with Gasteiger partial charge in [-0.15, -0.1) is 6.42 Å². The Balaban J connectivity index is 1.56. The largest absolute Gasteiger partial charge is 0.467 e. The molecule has 0 aliphatic carbocycles. The fraction of sp³-hybridized carbons (Fsp3) is 0.730. The van der Waals surface area contributed by atoms with Gasteiger partial charge in [0.25, 0.3) is 0 Å². The molecule has 0 saturated carbocycles. The quantitative estimate of drug-likeness (QED) is 0.234. The number of aromatic nitrogens is 2. The summed E-state index contributed by atoms with van der Waals surface area (Å²) in [6.45, 7) is 15.2. The van der Waals surface area contributed by atoms with E-state index in [2.05, 4.69) is 39.2 Å². The highest BCUT2D eigenvalue weighted by molar-refractivity contribution is 6.04. The molecule has 1 aromatic rings. The molecule has 4 heterocycles. The molecule has 0 spiro atoms. The second-order valence-corrected chi connectivity index (χ2v) is 14.5. The van der Waals surface area contributed by atoms with Crippen molar-refractivity contribution < 1.29 is 33.6 Å². The van der Waals surface area contributed by atoms with Crippen LogP contribution in [-0.4, -0.2) is 132 Å². The summed E-state index contributed by atoms with van der Waals surface area (Å²) in [7, 11) is 5.23. The molecule has 0 aromatic carbocycles. The number of nitrogens with zero attached hydrogens (tertiary/aromatic N) is 5. The average Bonchev–Trinajstić information content (AvgIpc) is 3.09. The third-order valence-corrected chi connectivity index (χ3v) is 10.7. The number of hydrogen-bond donors (Lipinski definition) is 1. The van der Waals surface area contributed by atoms with Gasteiger partial charge in [-0.3, -0.25) is 19.4 Å². The van der Waals surface area contributed by atoms with Gasteiger partial charge in [0.05, 0.1) is 5.76 Å². The van der Waals surface area contributed by atoms with Crippen LogP contribution in [0.15, 0.2) is 24.9 Å². The van der Waals surface area contributed by atoms with Crippen molar-refractivity contribution in [1.82, 2.24) is 24.7 Å². The molecule has 0 unspecified atom stereocenters. The minimum Gasteiger partial charge on any atom is -0.467 e. The highest BCUT2D eigenvalue weighted by Crippen LogP contribution is 2.37. The van der Waals surface area contributed by atoms with Crippen LogP contribution in [0.4, 0.5) is 0 Å². The predicted molar refractivity (Wildman–Crippen MR) is 185 cm³/mol. The number of hydrogen-bond acceptors (Lipinski definition) is 12. The van der Waals surface area contributed by atoms with Crippen molar-refractivity contribution in [2.45, 2.75) is 109 Å². The van der Waals surface area contributed by atoms with E-state index in [-0.39, 0.29) is 18.7 Å². The first-order valence-corrected chi connectivity index (χ1v) is 17.6. The van der Waals surface area contributed by atoms with Crippen LogP contribution in [0.3, 0.4) is 0 Å². The highest BCUT2D eigenvalue weighted by Gasteiger charge is 2.52. The van der Waals surface area contributed by atoms with E-state index in [9.17, 15) is 14.7 Å². The highest BCUT2D eigenvalue weighted by atomic mass is 16.7. The van der Waals surface area contributed by atoms with Gasteiger partial charge >= 0.3 is 5.97 Å². The summed E-state index contributed by atoms with van der Waals surface area (Å²) in [5.74, 6) is 1.36. The molecular weight excluding hydrogens is 626 g/mol. The Labute approximate surface area is 292 Å². The summed E-state index contributed by atoms with van der Waals surface area (Å²) in [5, 5.41) is 11.3. The number of aliphatic hydroxyl groups is 1. The molecule has 3 aliphatic heterocycles. The van der Waals surface area contributed by atoms with Gasteiger partial charge in [-0.25, -0.2) is 9.97 Å². The number of methoxy groups -OCH3 is 1. The number of esters is 1. The van der Waals surface area contributed by atoms with E-state index >= 15 is 0 Å². The van der Waals surface area contributed by atoms with Gasteiger partial charge in [-0.05, 0) is 73.3 Å². The lowest BCUT2D eigenvalue weighted by atomic mass is 9.74. The number of rotatable bonds is 9. The smallest absolute Gasteiger partial charge is 0.319 e. The fourth-order valence-electron chi connectivity index (χ4n) is 7.50. The molecule has 1 N–H and O–H groups in total. The van der Waals surface area contributed by atoms with Crippen molar-refractivity contribution in [3.8, 4) is 12.3 Å². The summed E-state index contributed by atoms with van der Waals surface area (Å²) < 4.78 is 24.5. The molecule has 0 bridgehead atoms. The number of ether oxygens (including phenoxy) is 4. The minimum atomic E-state index is -1.50. The molecule has 2 fully saturated rings. The summed E-state index contributed by atoms with van der Waals surface area (Å²) >= 11 is 0. The first kappa shape index (κ1) is 38.9. The Bertz CT molecular complexity index is 1350. The van der Waals surface area contributed by atoms with Crippen LogP contribution in [0.25, 0.3) is 0 Å². The number of carbonyl (C=O) groups excluding carboxylic acids is 2. The Morgan fingerprint density at radius 3 is 2.69 bits per heavy atom. The summed E-state index contributed by atoms with van der Waals surface area (Å²) in [4.78, 5) is 43.2. The van der Waals surface area contributed by atoms with E-state index in [1.165, 1.54) is 12.7 Å². The van der Waals surface area contributed by atoms with Crippen molar-refractivity contribution >= 4 is 11.8 Å². The van der Waals surface area contributed by atoms with E-state index in [4.69, 9.17) is 25.4 Å². The molecule has 272 valence electrons. The van der Waals surface area contributed by atoms with Crippen LogP contribution in [0.5, 0.6) is 0 Å². The Hall–Kier alpha value is -2.92. The molecule has 7 atom stereocenters. The first-order chi connectivity index (χ1) is 23.3. The standard InChI is InChI=1S/C37H57N5O7/c1-10-37(46-9)16-13-18-42(11-2)28(14-12-17-41-19-15-29-27(22-41)21-38-24-39-29)23-47-35(45)36(5,6)32(44)26(4)33(37)49-34-31(43)30(40(7)8)20-25(3)48-34/h1,21,24,26,28,30-31,33-34,43H,3,11-20,22-23H2,2,4-9H3/t26-,28-,30-,31+,33+,34-,37+/m0/s1. The number of likely N-dealkylation sites (N-methyl/N-ethyl adjacent to an activating group) is 2. The third kappa shape index (κ3) is 8.88. The molecule has 0 radical (unpaired) electrons. The lowest BCUT2D eigenvalue weighted by Crippen LogP contribution is -2.58. The minimum absolute atomic E-state index is 0.0481. The van der Waals surface area contributed by atoms with Gasteiger partial charge in [-0.2, -0.15) is 0 Å². The topological polar surface area (TPSA) is 127 Å². The molecule has 0 amide bonds. The molecule has 49 heavy (non-hydrogen) atoms. The van der Waals surface area contributed by atoms with E-state index in [0.29, 0.717) is 31.6 Å². The second kappa shape index (κ2) is 16.9. The van der Waals surface area contributed by atoms with E-state index in [1.807, 2.05) is 25.2 Å². The summed E-state index contributed by atoms with van der Waals surface area (Å²) in [6, 6.07) is -0.371. The van der Waals surface area contributed by atoms with Gasteiger partial charge < -0.3 is 29.0 Å². The lowest BCUT2D eigenvalue weighted by Gasteiger charge is -2.45. The third-order valence-electron chi connectivity index (χ3n) is 10.7. The molecule has 3 aliphatic rings. The summed E-state index contributed by atoms with van der Waals surface area (Å²) in [5.41, 5.74) is -0.572. The predicted octanol–water partition coefficient (Wildman–Crippen LogP) is 2.83.